The van der Waals surface area contributed by atoms with E-state index in [2.05, 4.69) is 19.0 Å². The van der Waals surface area contributed by atoms with Crippen LogP contribution in [0.1, 0.15) is 32.1 Å². The van der Waals surface area contributed by atoms with E-state index in [4.69, 9.17) is 9.47 Å². The average molecular weight is 257 g/mol. The van der Waals surface area contributed by atoms with Gasteiger partial charge < -0.3 is 19.5 Å². The summed E-state index contributed by atoms with van der Waals surface area (Å²) >= 11 is 0. The van der Waals surface area contributed by atoms with Gasteiger partial charge in [-0.05, 0) is 58.7 Å². The molecule has 4 heteroatoms. The Balaban J connectivity index is 1.85. The zero-order valence-corrected chi connectivity index (χ0v) is 11.7. The Kier molecular flexibility index (Phi) is 5.01. The van der Waals surface area contributed by atoms with Crippen LogP contribution in [0.5, 0.6) is 0 Å². The molecule has 18 heavy (non-hydrogen) atoms. The normalized spacial score (nSPS) is 29.7. The second-order valence-corrected chi connectivity index (χ2v) is 6.06. The summed E-state index contributed by atoms with van der Waals surface area (Å²) < 4.78 is 11.4. The zero-order valence-electron chi connectivity index (χ0n) is 11.7. The molecule has 2 fully saturated rings. The maximum Gasteiger partial charge on any atom is 0.0730 e. The summed E-state index contributed by atoms with van der Waals surface area (Å²) in [6.45, 7) is 3.36. The maximum atomic E-state index is 10.3. The first-order chi connectivity index (χ1) is 8.61. The molecular weight excluding hydrogens is 230 g/mol. The minimum atomic E-state index is -0.184. The van der Waals surface area contributed by atoms with E-state index in [9.17, 15) is 5.11 Å². The summed E-state index contributed by atoms with van der Waals surface area (Å²) in [5.74, 6) is 0.400. The highest BCUT2D eigenvalue weighted by Gasteiger charge is 2.40. The lowest BCUT2D eigenvalue weighted by Gasteiger charge is -2.44. The Morgan fingerprint density at radius 3 is 2.67 bits per heavy atom. The van der Waals surface area contributed by atoms with E-state index in [1.165, 1.54) is 0 Å². The lowest BCUT2D eigenvalue weighted by Crippen LogP contribution is -2.46. The minimum absolute atomic E-state index is 0.000261. The van der Waals surface area contributed by atoms with Crippen molar-refractivity contribution in [2.75, 3.05) is 40.5 Å². The highest BCUT2D eigenvalue weighted by atomic mass is 16.5. The van der Waals surface area contributed by atoms with Crippen molar-refractivity contribution in [3.05, 3.63) is 0 Å². The standard InChI is InChI=1S/C14H27NO3/c1-15(2)7-3-13(16)12-4-8-18-14(11-12)5-9-17-10-6-14/h12-13,16H,3-11H2,1-2H3. The molecular formula is C14H27NO3. The third-order valence-corrected chi connectivity index (χ3v) is 4.35. The predicted octanol–water partition coefficient (Wildman–Crippen LogP) is 1.27. The number of ether oxygens (including phenoxy) is 2. The fourth-order valence-electron chi connectivity index (χ4n) is 3.11. The van der Waals surface area contributed by atoms with Gasteiger partial charge in [0.1, 0.15) is 0 Å². The molecule has 0 saturated carbocycles. The first-order valence-corrected chi connectivity index (χ1v) is 7.16. The van der Waals surface area contributed by atoms with Crippen LogP contribution in [0.15, 0.2) is 0 Å². The monoisotopic (exact) mass is 257 g/mol. The minimum Gasteiger partial charge on any atom is -0.393 e. The van der Waals surface area contributed by atoms with Crippen molar-refractivity contribution in [3.63, 3.8) is 0 Å². The molecule has 2 saturated heterocycles. The van der Waals surface area contributed by atoms with E-state index in [1.807, 2.05) is 0 Å². The summed E-state index contributed by atoms with van der Waals surface area (Å²) in [6, 6.07) is 0. The van der Waals surface area contributed by atoms with Crippen molar-refractivity contribution in [2.24, 2.45) is 5.92 Å². The topological polar surface area (TPSA) is 41.9 Å². The smallest absolute Gasteiger partial charge is 0.0730 e. The van der Waals surface area contributed by atoms with Crippen LogP contribution in [0.25, 0.3) is 0 Å². The van der Waals surface area contributed by atoms with Gasteiger partial charge in [-0.2, -0.15) is 0 Å². The molecule has 0 aromatic rings. The zero-order chi connectivity index (χ0) is 13.0. The number of hydrogen-bond acceptors (Lipinski definition) is 4. The van der Waals surface area contributed by atoms with Crippen molar-refractivity contribution in [3.8, 4) is 0 Å². The van der Waals surface area contributed by atoms with Crippen LogP contribution in [0.3, 0.4) is 0 Å². The molecule has 0 amide bonds. The van der Waals surface area contributed by atoms with Gasteiger partial charge in [0.25, 0.3) is 0 Å². The molecule has 0 aromatic carbocycles. The second kappa shape index (κ2) is 6.33. The van der Waals surface area contributed by atoms with Crippen LogP contribution in [0.4, 0.5) is 0 Å². The average Bonchev–Trinajstić information content (AvgIpc) is 2.37. The number of nitrogens with zero attached hydrogens (tertiary/aromatic N) is 1. The second-order valence-electron chi connectivity index (χ2n) is 6.06. The maximum absolute atomic E-state index is 10.3. The van der Waals surface area contributed by atoms with E-state index in [1.54, 1.807) is 0 Å². The van der Waals surface area contributed by atoms with Gasteiger partial charge in [-0.1, -0.05) is 0 Å². The summed E-state index contributed by atoms with van der Waals surface area (Å²) in [5.41, 5.74) is 0.000261. The lowest BCUT2D eigenvalue weighted by atomic mass is 9.78. The van der Waals surface area contributed by atoms with Crippen LogP contribution in [0.2, 0.25) is 0 Å². The van der Waals surface area contributed by atoms with E-state index < -0.39 is 0 Å². The van der Waals surface area contributed by atoms with Gasteiger partial charge in [0.2, 0.25) is 0 Å². The quantitative estimate of drug-likeness (QED) is 0.823. The molecule has 2 rings (SSSR count). The van der Waals surface area contributed by atoms with Gasteiger partial charge in [0.05, 0.1) is 11.7 Å². The Morgan fingerprint density at radius 1 is 1.28 bits per heavy atom. The highest BCUT2D eigenvalue weighted by molar-refractivity contribution is 4.91. The molecule has 2 aliphatic rings. The Bertz CT molecular complexity index is 246. The van der Waals surface area contributed by atoms with E-state index >= 15 is 0 Å². The summed E-state index contributed by atoms with van der Waals surface area (Å²) in [6.07, 6.45) is 4.66. The summed E-state index contributed by atoms with van der Waals surface area (Å²) in [5, 5.41) is 10.3. The van der Waals surface area contributed by atoms with Crippen LogP contribution in [-0.2, 0) is 9.47 Å². The molecule has 2 aliphatic heterocycles. The Morgan fingerprint density at radius 2 is 2.00 bits per heavy atom. The Hall–Kier alpha value is -0.160. The molecule has 1 N–H and O–H groups in total. The first kappa shape index (κ1) is 14.3. The third kappa shape index (κ3) is 3.67. The van der Waals surface area contributed by atoms with E-state index in [0.717, 1.165) is 58.5 Å². The number of rotatable bonds is 4. The first-order valence-electron chi connectivity index (χ1n) is 7.16. The van der Waals surface area contributed by atoms with Crippen molar-refractivity contribution >= 4 is 0 Å². The van der Waals surface area contributed by atoms with E-state index in [-0.39, 0.29) is 11.7 Å². The molecule has 1 spiro atoms. The van der Waals surface area contributed by atoms with Crippen molar-refractivity contribution in [1.29, 1.82) is 0 Å². The number of hydrogen-bond donors (Lipinski definition) is 1. The molecule has 0 bridgehead atoms. The largest absolute Gasteiger partial charge is 0.393 e. The predicted molar refractivity (Wildman–Crippen MR) is 70.6 cm³/mol. The molecule has 0 radical (unpaired) electrons. The fraction of sp³-hybridized carbons (Fsp3) is 1.00. The summed E-state index contributed by atoms with van der Waals surface area (Å²) in [4.78, 5) is 2.13. The molecule has 2 atom stereocenters. The molecule has 106 valence electrons. The molecule has 4 nitrogen and oxygen atoms in total. The Labute approximate surface area is 110 Å². The third-order valence-electron chi connectivity index (χ3n) is 4.35. The SMILES string of the molecule is CN(C)CCC(O)C1CCOC2(CCOCC2)C1. The molecule has 2 heterocycles. The summed E-state index contributed by atoms with van der Waals surface area (Å²) in [7, 11) is 4.10. The van der Waals surface area contributed by atoms with Crippen molar-refractivity contribution in [2.45, 2.75) is 43.8 Å². The van der Waals surface area contributed by atoms with Gasteiger partial charge in [0.15, 0.2) is 0 Å². The lowest BCUT2D eigenvalue weighted by molar-refractivity contribution is -0.159. The van der Waals surface area contributed by atoms with Crippen LogP contribution in [-0.4, -0.2) is 62.2 Å². The van der Waals surface area contributed by atoms with Gasteiger partial charge in [-0.3, -0.25) is 0 Å². The molecule has 0 aromatic heterocycles. The molecule has 0 aliphatic carbocycles. The van der Waals surface area contributed by atoms with Crippen LogP contribution >= 0.6 is 0 Å². The van der Waals surface area contributed by atoms with Gasteiger partial charge >= 0.3 is 0 Å². The number of aliphatic hydroxyl groups excluding tert-OH is 1. The van der Waals surface area contributed by atoms with Gasteiger partial charge in [-0.25, -0.2) is 0 Å². The van der Waals surface area contributed by atoms with Gasteiger partial charge in [-0.15, -0.1) is 0 Å². The highest BCUT2D eigenvalue weighted by Crippen LogP contribution is 2.38. The van der Waals surface area contributed by atoms with Crippen LogP contribution in [0, 0.1) is 5.92 Å². The van der Waals surface area contributed by atoms with Gasteiger partial charge in [0, 0.05) is 19.8 Å². The number of aliphatic hydroxyl groups is 1. The fourth-order valence-corrected chi connectivity index (χ4v) is 3.11. The molecule has 2 unspecified atom stereocenters. The van der Waals surface area contributed by atoms with E-state index in [0.29, 0.717) is 5.92 Å². The van der Waals surface area contributed by atoms with Crippen molar-refractivity contribution < 1.29 is 14.6 Å². The van der Waals surface area contributed by atoms with Crippen molar-refractivity contribution in [1.82, 2.24) is 4.90 Å². The van der Waals surface area contributed by atoms with Crippen LogP contribution < -0.4 is 0 Å².